The van der Waals surface area contributed by atoms with E-state index in [2.05, 4.69) is 17.1 Å². The molecule has 0 amide bonds. The first-order valence-electron chi connectivity index (χ1n) is 3.78. The molecule has 0 aromatic carbocycles. The third kappa shape index (κ3) is 1.10. The van der Waals surface area contributed by atoms with Crippen LogP contribution in [0.5, 0.6) is 0 Å². The molecule has 52 valence electrons. The van der Waals surface area contributed by atoms with E-state index in [-0.39, 0.29) is 0 Å². The fraction of sp³-hybridized carbons (Fsp3) is 1.00. The van der Waals surface area contributed by atoms with Crippen LogP contribution in [-0.2, 0) is 0 Å². The Balaban J connectivity index is 1.97. The van der Waals surface area contributed by atoms with Crippen molar-refractivity contribution in [2.24, 2.45) is 5.92 Å². The molecule has 0 aromatic rings. The Kier molecular flexibility index (Phi) is 1.68. The Labute approximate surface area is 60.6 Å². The highest BCUT2D eigenvalue weighted by Crippen LogP contribution is 2.28. The summed E-state index contributed by atoms with van der Waals surface area (Å²) in [5.74, 6) is 3.81. The van der Waals surface area contributed by atoms with E-state index < -0.39 is 0 Å². The molecule has 2 atom stereocenters. The number of fused-ring (bicyclic) bond motifs is 1. The van der Waals surface area contributed by atoms with E-state index in [1.54, 1.807) is 0 Å². The van der Waals surface area contributed by atoms with Crippen LogP contribution in [0.2, 0.25) is 0 Å². The first kappa shape index (κ1) is 6.05. The lowest BCUT2D eigenvalue weighted by Crippen LogP contribution is -2.31. The van der Waals surface area contributed by atoms with Crippen molar-refractivity contribution in [3.63, 3.8) is 0 Å². The fourth-order valence-electron chi connectivity index (χ4n) is 1.80. The predicted octanol–water partition coefficient (Wildman–Crippen LogP) is 1.10. The zero-order valence-electron chi connectivity index (χ0n) is 5.60. The predicted molar refractivity (Wildman–Crippen MR) is 41.8 cm³/mol. The molecule has 1 nitrogen and oxygen atoms in total. The number of hydrogen-bond donors (Lipinski definition) is 1. The maximum absolute atomic E-state index is 3.55. The normalized spacial score (nSPS) is 42.7. The molecule has 2 aliphatic rings. The van der Waals surface area contributed by atoms with E-state index in [0.717, 1.165) is 12.0 Å². The van der Waals surface area contributed by atoms with Crippen molar-refractivity contribution in [2.45, 2.75) is 18.9 Å². The van der Waals surface area contributed by atoms with E-state index in [9.17, 15) is 0 Å². The minimum Gasteiger partial charge on any atom is -0.314 e. The number of thioether (sulfide) groups is 1. The highest BCUT2D eigenvalue weighted by molar-refractivity contribution is 7.99. The van der Waals surface area contributed by atoms with Gasteiger partial charge in [0, 0.05) is 6.04 Å². The Bertz CT molecular complexity index is 93.1. The van der Waals surface area contributed by atoms with Crippen LogP contribution in [0.15, 0.2) is 0 Å². The molecular weight excluding hydrogens is 130 g/mol. The van der Waals surface area contributed by atoms with Crippen molar-refractivity contribution in [3.8, 4) is 0 Å². The molecule has 0 radical (unpaired) electrons. The van der Waals surface area contributed by atoms with Crippen LogP contribution in [-0.4, -0.2) is 24.1 Å². The Hall–Kier alpha value is 0.310. The number of rotatable bonds is 0. The zero-order valence-corrected chi connectivity index (χ0v) is 6.41. The van der Waals surface area contributed by atoms with Gasteiger partial charge in [-0.25, -0.2) is 0 Å². The molecule has 2 heterocycles. The summed E-state index contributed by atoms with van der Waals surface area (Å²) in [4.78, 5) is 0. The second-order valence-electron chi connectivity index (χ2n) is 2.97. The summed E-state index contributed by atoms with van der Waals surface area (Å²) in [5.41, 5.74) is 0. The van der Waals surface area contributed by atoms with E-state index in [0.29, 0.717) is 0 Å². The van der Waals surface area contributed by atoms with Gasteiger partial charge in [0.15, 0.2) is 0 Å². The standard InChI is InChI=1S/C7H13NS/c1-3-8-7-2-4-9-5-6(1)7/h6-8H,1-5H2/t6-,7-/m1/s1. The third-order valence-electron chi connectivity index (χ3n) is 2.40. The molecular formula is C7H13NS. The van der Waals surface area contributed by atoms with Crippen LogP contribution in [0.4, 0.5) is 0 Å². The van der Waals surface area contributed by atoms with Crippen molar-refractivity contribution < 1.29 is 0 Å². The van der Waals surface area contributed by atoms with E-state index in [1.165, 1.54) is 30.9 Å². The smallest absolute Gasteiger partial charge is 0.0111 e. The first-order valence-corrected chi connectivity index (χ1v) is 4.93. The molecule has 0 unspecified atom stereocenters. The average Bonchev–Trinajstić information content (AvgIpc) is 2.33. The Morgan fingerprint density at radius 3 is 3.22 bits per heavy atom. The van der Waals surface area contributed by atoms with E-state index >= 15 is 0 Å². The Morgan fingerprint density at radius 1 is 1.33 bits per heavy atom. The number of hydrogen-bond acceptors (Lipinski definition) is 2. The molecule has 2 saturated heterocycles. The molecule has 0 spiro atoms. The maximum atomic E-state index is 3.55. The van der Waals surface area contributed by atoms with Gasteiger partial charge in [0.1, 0.15) is 0 Å². The van der Waals surface area contributed by atoms with Gasteiger partial charge in [0.25, 0.3) is 0 Å². The molecule has 0 aromatic heterocycles. The summed E-state index contributed by atoms with van der Waals surface area (Å²) >= 11 is 2.13. The lowest BCUT2D eigenvalue weighted by molar-refractivity contribution is 0.468. The topological polar surface area (TPSA) is 12.0 Å². The minimum atomic E-state index is 0.895. The molecule has 2 fully saturated rings. The number of nitrogens with one attached hydrogen (secondary N) is 1. The van der Waals surface area contributed by atoms with Gasteiger partial charge in [0.05, 0.1) is 0 Å². The van der Waals surface area contributed by atoms with Crippen LogP contribution in [0, 0.1) is 5.92 Å². The highest BCUT2D eigenvalue weighted by Gasteiger charge is 2.28. The lowest BCUT2D eigenvalue weighted by Gasteiger charge is -2.23. The van der Waals surface area contributed by atoms with Crippen molar-refractivity contribution in [1.82, 2.24) is 5.32 Å². The van der Waals surface area contributed by atoms with Gasteiger partial charge in [-0.1, -0.05) is 0 Å². The molecule has 0 saturated carbocycles. The van der Waals surface area contributed by atoms with Gasteiger partial charge in [0.2, 0.25) is 0 Å². The van der Waals surface area contributed by atoms with Crippen LogP contribution in [0.1, 0.15) is 12.8 Å². The van der Waals surface area contributed by atoms with Crippen LogP contribution in [0.3, 0.4) is 0 Å². The van der Waals surface area contributed by atoms with Crippen molar-refractivity contribution in [2.75, 3.05) is 18.1 Å². The summed E-state index contributed by atoms with van der Waals surface area (Å²) < 4.78 is 0. The van der Waals surface area contributed by atoms with Crippen LogP contribution in [0.25, 0.3) is 0 Å². The minimum absolute atomic E-state index is 0.895. The highest BCUT2D eigenvalue weighted by atomic mass is 32.2. The molecule has 2 rings (SSSR count). The lowest BCUT2D eigenvalue weighted by atomic mass is 10.0. The van der Waals surface area contributed by atoms with Gasteiger partial charge in [-0.05, 0) is 36.8 Å². The van der Waals surface area contributed by atoms with Gasteiger partial charge in [-0.2, -0.15) is 11.8 Å². The molecule has 9 heavy (non-hydrogen) atoms. The summed E-state index contributed by atoms with van der Waals surface area (Å²) in [6, 6.07) is 0.895. The van der Waals surface area contributed by atoms with E-state index in [4.69, 9.17) is 0 Å². The first-order chi connectivity index (χ1) is 4.47. The summed E-state index contributed by atoms with van der Waals surface area (Å²) in [6.07, 6.45) is 2.84. The maximum Gasteiger partial charge on any atom is 0.0111 e. The Morgan fingerprint density at radius 2 is 2.33 bits per heavy atom. The molecule has 2 heteroatoms. The summed E-state index contributed by atoms with van der Waals surface area (Å²) in [6.45, 7) is 1.27. The van der Waals surface area contributed by atoms with Crippen molar-refractivity contribution in [3.05, 3.63) is 0 Å². The summed E-state index contributed by atoms with van der Waals surface area (Å²) in [5, 5.41) is 3.55. The van der Waals surface area contributed by atoms with Crippen molar-refractivity contribution in [1.29, 1.82) is 0 Å². The third-order valence-corrected chi connectivity index (χ3v) is 3.58. The van der Waals surface area contributed by atoms with Gasteiger partial charge in [-0.3, -0.25) is 0 Å². The van der Waals surface area contributed by atoms with Gasteiger partial charge < -0.3 is 5.32 Å². The molecule has 2 aliphatic heterocycles. The largest absolute Gasteiger partial charge is 0.314 e. The zero-order chi connectivity index (χ0) is 6.10. The van der Waals surface area contributed by atoms with Crippen LogP contribution < -0.4 is 5.32 Å². The molecule has 0 bridgehead atoms. The van der Waals surface area contributed by atoms with E-state index in [1.807, 2.05) is 0 Å². The quantitative estimate of drug-likeness (QED) is 0.545. The van der Waals surface area contributed by atoms with Gasteiger partial charge >= 0.3 is 0 Å². The van der Waals surface area contributed by atoms with Crippen LogP contribution >= 0.6 is 11.8 Å². The van der Waals surface area contributed by atoms with Crippen molar-refractivity contribution >= 4 is 11.8 Å². The second-order valence-corrected chi connectivity index (χ2v) is 4.12. The summed E-state index contributed by atoms with van der Waals surface area (Å²) in [7, 11) is 0. The SMILES string of the molecule is C1C[C@@H]2CSCC[C@H]2N1. The monoisotopic (exact) mass is 143 g/mol. The average molecular weight is 143 g/mol. The fourth-order valence-corrected chi connectivity index (χ4v) is 3.09. The second kappa shape index (κ2) is 2.51. The molecule has 0 aliphatic carbocycles. The molecule has 1 N–H and O–H groups in total. The van der Waals surface area contributed by atoms with Gasteiger partial charge in [-0.15, -0.1) is 0 Å².